The van der Waals surface area contributed by atoms with Crippen LogP contribution in [0.5, 0.6) is 0 Å². The summed E-state index contributed by atoms with van der Waals surface area (Å²) >= 11 is 0. The van der Waals surface area contributed by atoms with Crippen LogP contribution in [0.1, 0.15) is 55.1 Å². The summed E-state index contributed by atoms with van der Waals surface area (Å²) in [5.41, 5.74) is 2.98. The van der Waals surface area contributed by atoms with Crippen LogP contribution in [0.2, 0.25) is 0 Å². The Bertz CT molecular complexity index is 1100. The SMILES string of the molecule is CCCC(=O)N1c2ccccc2C(N(C(=O)c2ccc(F)cc2)c2ccccc2)CC1C. The fourth-order valence-electron chi connectivity index (χ4n) is 4.50. The summed E-state index contributed by atoms with van der Waals surface area (Å²) in [5.74, 6) is -0.479. The van der Waals surface area contributed by atoms with Gasteiger partial charge < -0.3 is 9.80 Å². The highest BCUT2D eigenvalue weighted by Gasteiger charge is 2.38. The molecule has 0 radical (unpaired) electrons. The van der Waals surface area contributed by atoms with Crippen LogP contribution in [0.15, 0.2) is 78.9 Å². The molecule has 2 atom stereocenters. The lowest BCUT2D eigenvalue weighted by Gasteiger charge is -2.43. The minimum absolute atomic E-state index is 0.0684. The molecule has 1 aliphatic rings. The lowest BCUT2D eigenvalue weighted by atomic mass is 9.89. The Kier molecular flexibility index (Phi) is 6.35. The lowest BCUT2D eigenvalue weighted by Crippen LogP contribution is -2.47. The van der Waals surface area contributed by atoms with Crippen molar-refractivity contribution in [3.05, 3.63) is 95.8 Å². The maximum absolute atomic E-state index is 13.7. The zero-order valence-electron chi connectivity index (χ0n) is 18.4. The molecule has 0 spiro atoms. The maximum atomic E-state index is 13.7. The first-order valence-corrected chi connectivity index (χ1v) is 11.1. The van der Waals surface area contributed by atoms with Gasteiger partial charge in [-0.25, -0.2) is 4.39 Å². The van der Waals surface area contributed by atoms with Gasteiger partial charge in [0.1, 0.15) is 5.82 Å². The largest absolute Gasteiger partial charge is 0.309 e. The van der Waals surface area contributed by atoms with E-state index in [9.17, 15) is 14.0 Å². The quantitative estimate of drug-likeness (QED) is 0.488. The molecule has 4 nitrogen and oxygen atoms in total. The van der Waals surface area contributed by atoms with Gasteiger partial charge in [-0.3, -0.25) is 9.59 Å². The van der Waals surface area contributed by atoms with Crippen molar-refractivity contribution in [2.24, 2.45) is 0 Å². The highest BCUT2D eigenvalue weighted by molar-refractivity contribution is 6.07. The Morgan fingerprint density at radius 3 is 2.31 bits per heavy atom. The molecule has 4 rings (SSSR count). The molecule has 3 aromatic carbocycles. The monoisotopic (exact) mass is 430 g/mol. The first-order chi connectivity index (χ1) is 15.5. The smallest absolute Gasteiger partial charge is 0.258 e. The summed E-state index contributed by atoms with van der Waals surface area (Å²) in [5, 5.41) is 0. The fraction of sp³-hybridized carbons (Fsp3) is 0.259. The molecule has 0 aliphatic carbocycles. The van der Waals surface area contributed by atoms with Crippen molar-refractivity contribution in [1.29, 1.82) is 0 Å². The molecule has 2 unspecified atom stereocenters. The highest BCUT2D eigenvalue weighted by Crippen LogP contribution is 2.43. The number of halogens is 1. The summed E-state index contributed by atoms with van der Waals surface area (Å²) in [6.07, 6.45) is 1.88. The number of hydrogen-bond acceptors (Lipinski definition) is 2. The Morgan fingerprint density at radius 1 is 0.969 bits per heavy atom. The van der Waals surface area contributed by atoms with Crippen LogP contribution in [0, 0.1) is 5.82 Å². The van der Waals surface area contributed by atoms with Gasteiger partial charge in [-0.2, -0.15) is 0 Å². The Hall–Kier alpha value is -3.47. The van der Waals surface area contributed by atoms with E-state index >= 15 is 0 Å². The number of amides is 2. The fourth-order valence-corrected chi connectivity index (χ4v) is 4.50. The van der Waals surface area contributed by atoms with Gasteiger partial charge in [0.05, 0.1) is 6.04 Å². The van der Waals surface area contributed by atoms with Gasteiger partial charge in [0.25, 0.3) is 5.91 Å². The summed E-state index contributed by atoms with van der Waals surface area (Å²) < 4.78 is 13.5. The van der Waals surface area contributed by atoms with Crippen molar-refractivity contribution >= 4 is 23.2 Å². The predicted molar refractivity (Wildman–Crippen MR) is 125 cm³/mol. The van der Waals surface area contributed by atoms with Crippen LogP contribution < -0.4 is 9.80 Å². The number of hydrogen-bond donors (Lipinski definition) is 0. The second-order valence-corrected chi connectivity index (χ2v) is 8.19. The van der Waals surface area contributed by atoms with Crippen molar-refractivity contribution in [3.8, 4) is 0 Å². The average Bonchev–Trinajstić information content (AvgIpc) is 2.80. The van der Waals surface area contributed by atoms with Crippen LogP contribution in [0.25, 0.3) is 0 Å². The molecular weight excluding hydrogens is 403 g/mol. The van der Waals surface area contributed by atoms with E-state index in [1.54, 1.807) is 4.90 Å². The molecule has 0 saturated carbocycles. The molecule has 3 aromatic rings. The van der Waals surface area contributed by atoms with Crippen molar-refractivity contribution < 1.29 is 14.0 Å². The van der Waals surface area contributed by atoms with Gasteiger partial charge in [-0.05, 0) is 67.8 Å². The van der Waals surface area contributed by atoms with Gasteiger partial charge in [0.15, 0.2) is 0 Å². The Morgan fingerprint density at radius 2 is 1.62 bits per heavy atom. The van der Waals surface area contributed by atoms with Gasteiger partial charge in [0.2, 0.25) is 5.91 Å². The van der Waals surface area contributed by atoms with Crippen molar-refractivity contribution in [2.45, 2.75) is 45.2 Å². The van der Waals surface area contributed by atoms with Crippen molar-refractivity contribution in [2.75, 3.05) is 9.80 Å². The minimum Gasteiger partial charge on any atom is -0.309 e. The number of carbonyl (C=O) groups is 2. The van der Waals surface area contributed by atoms with E-state index in [-0.39, 0.29) is 29.7 Å². The summed E-state index contributed by atoms with van der Waals surface area (Å²) in [6.45, 7) is 4.03. The van der Waals surface area contributed by atoms with Crippen LogP contribution in [0.3, 0.4) is 0 Å². The number of benzene rings is 3. The van der Waals surface area contributed by atoms with E-state index in [0.717, 1.165) is 23.4 Å². The van der Waals surface area contributed by atoms with Gasteiger partial charge >= 0.3 is 0 Å². The topological polar surface area (TPSA) is 40.6 Å². The molecule has 5 heteroatoms. The van der Waals surface area contributed by atoms with E-state index in [0.29, 0.717) is 18.4 Å². The van der Waals surface area contributed by atoms with Gasteiger partial charge in [-0.15, -0.1) is 0 Å². The van der Waals surface area contributed by atoms with Crippen molar-refractivity contribution in [3.63, 3.8) is 0 Å². The third kappa shape index (κ3) is 4.15. The Balaban J connectivity index is 1.82. The van der Waals surface area contributed by atoms with E-state index < -0.39 is 0 Å². The second-order valence-electron chi connectivity index (χ2n) is 8.19. The van der Waals surface area contributed by atoms with Crippen LogP contribution in [-0.2, 0) is 4.79 Å². The third-order valence-corrected chi connectivity index (χ3v) is 5.95. The number of para-hydroxylation sites is 2. The molecule has 2 amide bonds. The average molecular weight is 431 g/mol. The predicted octanol–water partition coefficient (Wildman–Crippen LogP) is 6.14. The number of anilines is 2. The number of nitrogens with zero attached hydrogens (tertiary/aromatic N) is 2. The first kappa shape index (κ1) is 21.8. The Labute approximate surface area is 188 Å². The van der Waals surface area contributed by atoms with Crippen molar-refractivity contribution in [1.82, 2.24) is 0 Å². The molecular formula is C27H27FN2O2. The molecule has 0 saturated heterocycles. The summed E-state index contributed by atoms with van der Waals surface area (Å²) in [4.78, 5) is 30.3. The zero-order chi connectivity index (χ0) is 22.7. The zero-order valence-corrected chi connectivity index (χ0v) is 18.4. The molecule has 0 bridgehead atoms. The molecule has 164 valence electrons. The second kappa shape index (κ2) is 9.35. The molecule has 0 N–H and O–H groups in total. The normalized spacial score (nSPS) is 17.5. The van der Waals surface area contributed by atoms with Crippen LogP contribution in [-0.4, -0.2) is 17.9 Å². The molecule has 0 fully saturated rings. The first-order valence-electron chi connectivity index (χ1n) is 11.1. The van der Waals surface area contributed by atoms with Crippen LogP contribution >= 0.6 is 0 Å². The molecule has 0 aromatic heterocycles. The number of carbonyl (C=O) groups excluding carboxylic acids is 2. The molecule has 32 heavy (non-hydrogen) atoms. The maximum Gasteiger partial charge on any atom is 0.258 e. The van der Waals surface area contributed by atoms with E-state index in [1.807, 2.05) is 73.3 Å². The van der Waals surface area contributed by atoms with E-state index in [4.69, 9.17) is 0 Å². The van der Waals surface area contributed by atoms with Crippen LogP contribution in [0.4, 0.5) is 15.8 Å². The minimum atomic E-state index is -0.380. The molecule has 1 heterocycles. The highest BCUT2D eigenvalue weighted by atomic mass is 19.1. The van der Waals surface area contributed by atoms with E-state index in [1.165, 1.54) is 24.3 Å². The van der Waals surface area contributed by atoms with E-state index in [2.05, 4.69) is 0 Å². The molecule has 1 aliphatic heterocycles. The summed E-state index contributed by atoms with van der Waals surface area (Å²) in [7, 11) is 0. The number of rotatable bonds is 5. The third-order valence-electron chi connectivity index (χ3n) is 5.95. The summed E-state index contributed by atoms with van der Waals surface area (Å²) in [6, 6.07) is 22.6. The number of fused-ring (bicyclic) bond motifs is 1. The lowest BCUT2D eigenvalue weighted by molar-refractivity contribution is -0.119. The van der Waals surface area contributed by atoms with Gasteiger partial charge in [0, 0.05) is 29.4 Å². The standard InChI is InChI=1S/C27H27FN2O2/c1-3-9-26(31)29-19(2)18-25(23-12-7-8-13-24(23)29)30(22-10-5-4-6-11-22)27(32)20-14-16-21(28)17-15-20/h4-8,10-17,19,25H,3,9,18H2,1-2H3. The van der Waals surface area contributed by atoms with Gasteiger partial charge in [-0.1, -0.05) is 43.3 Å².